The van der Waals surface area contributed by atoms with Crippen LogP contribution >= 0.6 is 12.2 Å². The Morgan fingerprint density at radius 1 is 1.50 bits per heavy atom. The molecule has 4 heteroatoms. The zero-order chi connectivity index (χ0) is 12.3. The molecule has 0 heterocycles. The molecule has 0 spiro atoms. The summed E-state index contributed by atoms with van der Waals surface area (Å²) in [6, 6.07) is 0. The van der Waals surface area contributed by atoms with Crippen LogP contribution in [0.4, 0.5) is 0 Å². The van der Waals surface area contributed by atoms with Crippen LogP contribution in [0, 0.1) is 17.8 Å². The number of hydrogen-bond donors (Lipinski definition) is 1. The Balaban J connectivity index is 2.55. The lowest BCUT2D eigenvalue weighted by Crippen LogP contribution is -2.44. The summed E-state index contributed by atoms with van der Waals surface area (Å²) < 4.78 is 0. The highest BCUT2D eigenvalue weighted by atomic mass is 32.1. The predicted octanol–water partition coefficient (Wildman–Crippen LogP) is 1.80. The molecule has 1 saturated carbocycles. The van der Waals surface area contributed by atoms with Gasteiger partial charge in [-0.25, -0.2) is 0 Å². The first-order valence-corrected chi connectivity index (χ1v) is 6.38. The Morgan fingerprint density at radius 3 is 2.38 bits per heavy atom. The fraction of sp³-hybridized carbons (Fsp3) is 0.833. The van der Waals surface area contributed by atoms with Crippen molar-refractivity contribution in [3.8, 4) is 0 Å². The molecule has 16 heavy (non-hydrogen) atoms. The molecule has 0 aromatic carbocycles. The molecule has 0 radical (unpaired) electrons. The minimum Gasteiger partial charge on any atom is -0.393 e. The Bertz CT molecular complexity index is 274. The van der Waals surface area contributed by atoms with Crippen molar-refractivity contribution >= 4 is 23.1 Å². The molecule has 1 rings (SSSR count). The first kappa shape index (κ1) is 13.4. The number of amides is 1. The number of hydrogen-bond acceptors (Lipinski definition) is 2. The van der Waals surface area contributed by atoms with Crippen LogP contribution in [0.25, 0.3) is 0 Å². The number of nitrogens with zero attached hydrogens (tertiary/aromatic N) is 1. The van der Waals surface area contributed by atoms with Crippen LogP contribution in [-0.4, -0.2) is 29.4 Å². The molecule has 2 N–H and O–H groups in total. The first-order valence-electron chi connectivity index (χ1n) is 5.97. The first-order chi connectivity index (χ1) is 7.43. The molecule has 0 saturated heterocycles. The molecule has 1 fully saturated rings. The van der Waals surface area contributed by atoms with Crippen LogP contribution in [0.15, 0.2) is 0 Å². The molecule has 0 aromatic rings. The van der Waals surface area contributed by atoms with E-state index in [1.807, 2.05) is 20.9 Å². The van der Waals surface area contributed by atoms with Crippen LogP contribution in [0.1, 0.15) is 33.1 Å². The largest absolute Gasteiger partial charge is 0.393 e. The molecule has 0 bridgehead atoms. The van der Waals surface area contributed by atoms with Crippen molar-refractivity contribution in [2.24, 2.45) is 23.5 Å². The van der Waals surface area contributed by atoms with Gasteiger partial charge in [0.25, 0.3) is 0 Å². The van der Waals surface area contributed by atoms with Gasteiger partial charge in [-0.15, -0.1) is 0 Å². The summed E-state index contributed by atoms with van der Waals surface area (Å²) in [6.07, 6.45) is 3.80. The average molecular weight is 242 g/mol. The SMILES string of the molecule is CC(C)C(C(=O)N(C)CC1CCC1)C(N)=S. The van der Waals surface area contributed by atoms with Gasteiger partial charge in [-0.2, -0.15) is 0 Å². The zero-order valence-corrected chi connectivity index (χ0v) is 11.2. The highest BCUT2D eigenvalue weighted by Gasteiger charge is 2.29. The van der Waals surface area contributed by atoms with Crippen molar-refractivity contribution in [1.29, 1.82) is 0 Å². The van der Waals surface area contributed by atoms with E-state index in [0.29, 0.717) is 10.9 Å². The zero-order valence-electron chi connectivity index (χ0n) is 10.4. The molecule has 1 atom stereocenters. The summed E-state index contributed by atoms with van der Waals surface area (Å²) in [5, 5.41) is 0. The van der Waals surface area contributed by atoms with E-state index in [-0.39, 0.29) is 17.7 Å². The van der Waals surface area contributed by atoms with Crippen LogP contribution in [0.2, 0.25) is 0 Å². The fourth-order valence-corrected chi connectivity index (χ4v) is 2.50. The Morgan fingerprint density at radius 2 is 2.06 bits per heavy atom. The number of thiocarbonyl (C=S) groups is 1. The van der Waals surface area contributed by atoms with Crippen molar-refractivity contribution in [3.05, 3.63) is 0 Å². The van der Waals surface area contributed by atoms with E-state index in [0.717, 1.165) is 6.54 Å². The van der Waals surface area contributed by atoms with Crippen molar-refractivity contribution < 1.29 is 4.79 Å². The lowest BCUT2D eigenvalue weighted by molar-refractivity contribution is -0.134. The standard InChI is InChI=1S/C12H22N2OS/c1-8(2)10(11(13)16)12(15)14(3)7-9-5-4-6-9/h8-10H,4-7H2,1-3H3,(H2,13,16). The van der Waals surface area contributed by atoms with Crippen molar-refractivity contribution in [2.75, 3.05) is 13.6 Å². The van der Waals surface area contributed by atoms with E-state index < -0.39 is 0 Å². The third-order valence-corrected chi connectivity index (χ3v) is 3.63. The second-order valence-corrected chi connectivity index (χ2v) is 5.61. The van der Waals surface area contributed by atoms with Gasteiger partial charge in [-0.3, -0.25) is 4.79 Å². The minimum atomic E-state index is -0.305. The average Bonchev–Trinajstić information content (AvgIpc) is 2.09. The van der Waals surface area contributed by atoms with E-state index in [1.165, 1.54) is 19.3 Å². The van der Waals surface area contributed by atoms with Gasteiger partial charge in [0.1, 0.15) is 0 Å². The quantitative estimate of drug-likeness (QED) is 0.748. The van der Waals surface area contributed by atoms with Crippen molar-refractivity contribution in [3.63, 3.8) is 0 Å². The molecule has 92 valence electrons. The third-order valence-electron chi connectivity index (χ3n) is 3.37. The van der Waals surface area contributed by atoms with Crippen LogP contribution in [0.5, 0.6) is 0 Å². The van der Waals surface area contributed by atoms with Crippen LogP contribution < -0.4 is 5.73 Å². The van der Waals surface area contributed by atoms with E-state index in [1.54, 1.807) is 4.90 Å². The monoisotopic (exact) mass is 242 g/mol. The maximum absolute atomic E-state index is 12.2. The smallest absolute Gasteiger partial charge is 0.232 e. The summed E-state index contributed by atoms with van der Waals surface area (Å²) >= 11 is 4.97. The molecule has 1 aliphatic rings. The third kappa shape index (κ3) is 3.17. The minimum absolute atomic E-state index is 0.0781. The number of nitrogens with two attached hydrogens (primary N) is 1. The summed E-state index contributed by atoms with van der Waals surface area (Å²) in [7, 11) is 1.86. The highest BCUT2D eigenvalue weighted by molar-refractivity contribution is 7.80. The topological polar surface area (TPSA) is 46.3 Å². The molecule has 1 amide bonds. The van der Waals surface area contributed by atoms with E-state index in [9.17, 15) is 4.79 Å². The normalized spacial score (nSPS) is 18.0. The fourth-order valence-electron chi connectivity index (χ4n) is 2.13. The maximum atomic E-state index is 12.2. The lowest BCUT2D eigenvalue weighted by atomic mass is 9.84. The van der Waals surface area contributed by atoms with E-state index in [2.05, 4.69) is 0 Å². The Kier molecular flexibility index (Phi) is 4.71. The second-order valence-electron chi connectivity index (χ2n) is 5.14. The maximum Gasteiger partial charge on any atom is 0.232 e. The van der Waals surface area contributed by atoms with Gasteiger partial charge < -0.3 is 10.6 Å². The molecule has 3 nitrogen and oxygen atoms in total. The van der Waals surface area contributed by atoms with Crippen molar-refractivity contribution in [1.82, 2.24) is 4.90 Å². The number of carbonyl (C=O) groups is 1. The molecule has 0 aliphatic heterocycles. The molecular formula is C12H22N2OS. The summed E-state index contributed by atoms with van der Waals surface area (Å²) in [6.45, 7) is 4.82. The predicted molar refractivity (Wildman–Crippen MR) is 70.1 cm³/mol. The van der Waals surface area contributed by atoms with E-state index >= 15 is 0 Å². The number of carbonyl (C=O) groups excluding carboxylic acids is 1. The van der Waals surface area contributed by atoms with Gasteiger partial charge in [0.2, 0.25) is 5.91 Å². The van der Waals surface area contributed by atoms with Gasteiger partial charge in [0.15, 0.2) is 0 Å². The summed E-state index contributed by atoms with van der Waals surface area (Å²) in [4.78, 5) is 14.3. The van der Waals surface area contributed by atoms with Gasteiger partial charge >= 0.3 is 0 Å². The number of rotatable bonds is 5. The molecular weight excluding hydrogens is 220 g/mol. The Hall–Kier alpha value is -0.640. The van der Waals surface area contributed by atoms with Gasteiger partial charge in [-0.1, -0.05) is 32.5 Å². The summed E-state index contributed by atoms with van der Waals surface area (Å²) in [5.41, 5.74) is 5.64. The van der Waals surface area contributed by atoms with Crippen LogP contribution in [-0.2, 0) is 4.79 Å². The summed E-state index contributed by atoms with van der Waals surface area (Å²) in [5.74, 6) is 0.636. The van der Waals surface area contributed by atoms with E-state index in [4.69, 9.17) is 18.0 Å². The lowest BCUT2D eigenvalue weighted by Gasteiger charge is -2.32. The molecule has 1 unspecified atom stereocenters. The van der Waals surface area contributed by atoms with Gasteiger partial charge in [0, 0.05) is 13.6 Å². The second kappa shape index (κ2) is 5.62. The van der Waals surface area contributed by atoms with Crippen LogP contribution in [0.3, 0.4) is 0 Å². The molecule has 0 aromatic heterocycles. The Labute approximate surface area is 103 Å². The molecule has 1 aliphatic carbocycles. The van der Waals surface area contributed by atoms with Gasteiger partial charge in [-0.05, 0) is 24.7 Å². The van der Waals surface area contributed by atoms with Crippen molar-refractivity contribution in [2.45, 2.75) is 33.1 Å². The highest BCUT2D eigenvalue weighted by Crippen LogP contribution is 2.27. The van der Waals surface area contributed by atoms with Gasteiger partial charge in [0.05, 0.1) is 10.9 Å².